The van der Waals surface area contributed by atoms with Crippen LogP contribution in [0.1, 0.15) is 42.5 Å². The molecule has 1 heteroatoms. The summed E-state index contributed by atoms with van der Waals surface area (Å²) in [6.07, 6.45) is 3.50. The Hall–Kier alpha value is -0.850. The maximum absolute atomic E-state index is 3.78. The molecule has 0 unspecified atom stereocenters. The number of hydrogen-bond acceptors (Lipinski definition) is 1. The molecule has 0 aliphatic carbocycles. The summed E-state index contributed by atoms with van der Waals surface area (Å²) >= 11 is 0. The third-order valence-electron chi connectivity index (χ3n) is 0.566. The molecular formula is C11H25N. The van der Waals surface area contributed by atoms with Crippen LogP contribution < -0.4 is 0 Å². The van der Waals surface area contributed by atoms with E-state index in [4.69, 9.17) is 0 Å². The molecule has 1 rings (SSSR count). The van der Waals surface area contributed by atoms with Crippen LogP contribution in [0.5, 0.6) is 0 Å². The fourth-order valence-electron chi connectivity index (χ4n) is 0.313. The van der Waals surface area contributed by atoms with Crippen LogP contribution in [-0.2, 0) is 0 Å². The summed E-state index contributed by atoms with van der Waals surface area (Å²) in [5, 5.41) is 0. The molecule has 1 heterocycles. The van der Waals surface area contributed by atoms with E-state index in [0.29, 0.717) is 0 Å². The Kier molecular flexibility index (Phi) is 60.0. The van der Waals surface area contributed by atoms with Gasteiger partial charge < -0.3 is 0 Å². The molecular weight excluding hydrogens is 146 g/mol. The van der Waals surface area contributed by atoms with Gasteiger partial charge in [0.25, 0.3) is 0 Å². The number of rotatable bonds is 0. The van der Waals surface area contributed by atoms with Crippen molar-refractivity contribution < 1.29 is 0 Å². The molecule has 0 spiro atoms. The molecule has 0 saturated heterocycles. The van der Waals surface area contributed by atoms with E-state index < -0.39 is 0 Å². The lowest BCUT2D eigenvalue weighted by Crippen LogP contribution is -1.58. The predicted octanol–water partition coefficient (Wildman–Crippen LogP) is 4.41. The van der Waals surface area contributed by atoms with E-state index in [1.165, 1.54) is 0 Å². The molecule has 0 atom stereocenters. The van der Waals surface area contributed by atoms with Gasteiger partial charge >= 0.3 is 0 Å². The SMILES string of the molecule is C.C.CC.CC.c1ccncc1. The highest BCUT2D eigenvalue weighted by atomic mass is 14.6. The first-order valence-corrected chi connectivity index (χ1v) is 3.85. The van der Waals surface area contributed by atoms with Crippen LogP contribution in [-0.4, -0.2) is 4.98 Å². The zero-order chi connectivity index (χ0) is 8.24. The van der Waals surface area contributed by atoms with Gasteiger partial charge in [-0.3, -0.25) is 4.98 Å². The smallest absolute Gasteiger partial charge is 0.0267 e. The van der Waals surface area contributed by atoms with E-state index in [1.54, 1.807) is 12.4 Å². The molecule has 0 saturated carbocycles. The van der Waals surface area contributed by atoms with Crippen LogP contribution in [0.4, 0.5) is 0 Å². The predicted molar refractivity (Wildman–Crippen MR) is 60.4 cm³/mol. The van der Waals surface area contributed by atoms with Gasteiger partial charge in [0.1, 0.15) is 0 Å². The number of nitrogens with zero attached hydrogens (tertiary/aromatic N) is 1. The fourth-order valence-corrected chi connectivity index (χ4v) is 0.313. The second kappa shape index (κ2) is 32.0. The molecule has 0 fully saturated rings. The average molecular weight is 171 g/mol. The highest BCUT2D eigenvalue weighted by Crippen LogP contribution is 1.73. The van der Waals surface area contributed by atoms with Crippen LogP contribution in [0, 0.1) is 0 Å². The van der Waals surface area contributed by atoms with Gasteiger partial charge in [-0.1, -0.05) is 48.6 Å². The fraction of sp³-hybridized carbons (Fsp3) is 0.545. The molecule has 0 bridgehead atoms. The first-order valence-electron chi connectivity index (χ1n) is 3.85. The van der Waals surface area contributed by atoms with E-state index in [2.05, 4.69) is 4.98 Å². The molecule has 12 heavy (non-hydrogen) atoms. The van der Waals surface area contributed by atoms with Crippen molar-refractivity contribution in [2.75, 3.05) is 0 Å². The minimum atomic E-state index is 0. The Balaban J connectivity index is -0.0000000480. The Morgan fingerprint density at radius 3 is 1.08 bits per heavy atom. The lowest BCUT2D eigenvalue weighted by molar-refractivity contribution is 1.33. The molecule has 0 aromatic carbocycles. The van der Waals surface area contributed by atoms with Gasteiger partial charge in [0.15, 0.2) is 0 Å². The monoisotopic (exact) mass is 171 g/mol. The number of hydrogen-bond donors (Lipinski definition) is 0. The molecule has 0 radical (unpaired) electrons. The Labute approximate surface area is 78.9 Å². The molecule has 0 N–H and O–H groups in total. The van der Waals surface area contributed by atoms with Crippen LogP contribution in [0.3, 0.4) is 0 Å². The zero-order valence-corrected chi connectivity index (χ0v) is 7.33. The zero-order valence-electron chi connectivity index (χ0n) is 7.33. The van der Waals surface area contributed by atoms with Gasteiger partial charge in [0.2, 0.25) is 0 Å². The molecule has 1 aromatic rings. The Bertz CT molecular complexity index is 76.9. The van der Waals surface area contributed by atoms with Gasteiger partial charge in [-0.05, 0) is 12.1 Å². The van der Waals surface area contributed by atoms with Crippen molar-refractivity contribution in [1.29, 1.82) is 0 Å². The summed E-state index contributed by atoms with van der Waals surface area (Å²) in [5.41, 5.74) is 0. The van der Waals surface area contributed by atoms with Crippen molar-refractivity contribution >= 4 is 0 Å². The Morgan fingerprint density at radius 2 is 1.00 bits per heavy atom. The maximum Gasteiger partial charge on any atom is 0.0267 e. The Morgan fingerprint density at radius 1 is 0.667 bits per heavy atom. The van der Waals surface area contributed by atoms with Crippen LogP contribution in [0.2, 0.25) is 0 Å². The van der Waals surface area contributed by atoms with Crippen molar-refractivity contribution in [1.82, 2.24) is 4.98 Å². The topological polar surface area (TPSA) is 12.9 Å². The van der Waals surface area contributed by atoms with Crippen molar-refractivity contribution in [3.05, 3.63) is 30.6 Å². The van der Waals surface area contributed by atoms with Crippen molar-refractivity contribution in [2.24, 2.45) is 0 Å². The first kappa shape index (κ1) is 22.5. The van der Waals surface area contributed by atoms with Crippen molar-refractivity contribution in [3.8, 4) is 0 Å². The van der Waals surface area contributed by atoms with Gasteiger partial charge in [-0.2, -0.15) is 0 Å². The van der Waals surface area contributed by atoms with Crippen molar-refractivity contribution in [2.45, 2.75) is 42.5 Å². The number of aromatic nitrogens is 1. The summed E-state index contributed by atoms with van der Waals surface area (Å²) in [6, 6.07) is 5.72. The minimum Gasteiger partial charge on any atom is -0.265 e. The van der Waals surface area contributed by atoms with E-state index >= 15 is 0 Å². The molecule has 0 aliphatic heterocycles. The average Bonchev–Trinajstić information content (AvgIpc) is 2.14. The molecule has 1 nitrogen and oxygen atoms in total. The standard InChI is InChI=1S/C5H5N.2C2H6.2CH4/c1-2-4-6-5-3-1;2*1-2;;/h1-5H;2*1-2H3;2*1H4. The first-order chi connectivity index (χ1) is 5.00. The summed E-state index contributed by atoms with van der Waals surface area (Å²) in [5.74, 6) is 0. The summed E-state index contributed by atoms with van der Waals surface area (Å²) in [7, 11) is 0. The molecule has 74 valence electrons. The van der Waals surface area contributed by atoms with E-state index in [1.807, 2.05) is 45.9 Å². The summed E-state index contributed by atoms with van der Waals surface area (Å²) < 4.78 is 0. The van der Waals surface area contributed by atoms with Gasteiger partial charge in [0, 0.05) is 12.4 Å². The quantitative estimate of drug-likeness (QED) is 0.563. The second-order valence-corrected chi connectivity index (χ2v) is 1.02. The van der Waals surface area contributed by atoms with Crippen LogP contribution in [0.25, 0.3) is 0 Å². The molecule has 0 amide bonds. The summed E-state index contributed by atoms with van der Waals surface area (Å²) in [4.78, 5) is 3.78. The molecule has 0 aliphatic rings. The lowest BCUT2D eigenvalue weighted by atomic mass is 10.5. The van der Waals surface area contributed by atoms with Crippen LogP contribution in [0.15, 0.2) is 30.6 Å². The van der Waals surface area contributed by atoms with E-state index in [-0.39, 0.29) is 14.9 Å². The lowest BCUT2D eigenvalue weighted by Gasteiger charge is -1.70. The maximum atomic E-state index is 3.78. The highest BCUT2D eigenvalue weighted by molar-refractivity contribution is 4.88. The molecule has 1 aromatic heterocycles. The van der Waals surface area contributed by atoms with Crippen molar-refractivity contribution in [3.63, 3.8) is 0 Å². The van der Waals surface area contributed by atoms with Gasteiger partial charge in [-0.25, -0.2) is 0 Å². The van der Waals surface area contributed by atoms with Gasteiger partial charge in [0.05, 0.1) is 0 Å². The second-order valence-electron chi connectivity index (χ2n) is 1.02. The minimum absolute atomic E-state index is 0. The van der Waals surface area contributed by atoms with E-state index in [0.717, 1.165) is 0 Å². The van der Waals surface area contributed by atoms with E-state index in [9.17, 15) is 0 Å². The van der Waals surface area contributed by atoms with Gasteiger partial charge in [-0.15, -0.1) is 0 Å². The largest absolute Gasteiger partial charge is 0.265 e. The summed E-state index contributed by atoms with van der Waals surface area (Å²) in [6.45, 7) is 8.00. The normalized spacial score (nSPS) is 5.00. The van der Waals surface area contributed by atoms with Crippen LogP contribution >= 0.6 is 0 Å². The third kappa shape index (κ3) is 22.9. The third-order valence-corrected chi connectivity index (χ3v) is 0.566. The number of pyridine rings is 1. The highest BCUT2D eigenvalue weighted by Gasteiger charge is 1.58.